The summed E-state index contributed by atoms with van der Waals surface area (Å²) in [4.78, 5) is 23.7. The topological polar surface area (TPSA) is 103 Å². The Balaban J connectivity index is 2.13. The van der Waals surface area contributed by atoms with E-state index < -0.39 is 5.25 Å². The van der Waals surface area contributed by atoms with E-state index in [2.05, 4.69) is 29.4 Å². The number of anilines is 1. The number of hydrogen-bond acceptors (Lipinski definition) is 5. The molecule has 152 valence electrons. The second-order valence-corrected chi connectivity index (χ2v) is 8.82. The van der Waals surface area contributed by atoms with Gasteiger partial charge in [0.1, 0.15) is 5.82 Å². The molecule has 2 rings (SSSR count). The molecule has 0 aliphatic heterocycles. The minimum absolute atomic E-state index is 0.145. The summed E-state index contributed by atoms with van der Waals surface area (Å²) in [5.74, 6) is 0.542. The van der Waals surface area contributed by atoms with Crippen LogP contribution in [0.1, 0.15) is 38.6 Å². The highest BCUT2D eigenvalue weighted by Crippen LogP contribution is 2.26. The van der Waals surface area contributed by atoms with Crippen molar-refractivity contribution in [2.24, 2.45) is 11.7 Å². The molecule has 0 aliphatic rings. The maximum Gasteiger partial charge on any atom is 0.237 e. The van der Waals surface area contributed by atoms with Crippen molar-refractivity contribution in [3.05, 3.63) is 34.6 Å². The number of rotatable bonds is 9. The monoisotopic (exact) mass is 423 g/mol. The van der Waals surface area contributed by atoms with Crippen molar-refractivity contribution >= 4 is 40.9 Å². The van der Waals surface area contributed by atoms with E-state index in [0.29, 0.717) is 40.6 Å². The van der Waals surface area contributed by atoms with Gasteiger partial charge in [-0.15, -0.1) is 10.2 Å². The van der Waals surface area contributed by atoms with Crippen LogP contribution in [0.5, 0.6) is 0 Å². The number of nitrogens with zero attached hydrogens (tertiary/aromatic N) is 3. The van der Waals surface area contributed by atoms with Crippen LogP contribution >= 0.6 is 23.4 Å². The average molecular weight is 424 g/mol. The van der Waals surface area contributed by atoms with E-state index in [-0.39, 0.29) is 18.2 Å². The average Bonchev–Trinajstić information content (AvgIpc) is 2.97. The molecule has 28 heavy (non-hydrogen) atoms. The largest absolute Gasteiger partial charge is 0.370 e. The van der Waals surface area contributed by atoms with Gasteiger partial charge in [-0.25, -0.2) is 0 Å². The number of thioether (sulfide) groups is 1. The molecule has 7 nitrogen and oxygen atoms in total. The summed E-state index contributed by atoms with van der Waals surface area (Å²) in [6.07, 6.45) is 0.642. The van der Waals surface area contributed by atoms with Crippen LogP contribution in [0.3, 0.4) is 0 Å². The smallest absolute Gasteiger partial charge is 0.237 e. The van der Waals surface area contributed by atoms with Gasteiger partial charge in [0.15, 0.2) is 5.16 Å². The Morgan fingerprint density at radius 1 is 1.29 bits per heavy atom. The molecule has 1 atom stereocenters. The lowest BCUT2D eigenvalue weighted by Crippen LogP contribution is -2.23. The van der Waals surface area contributed by atoms with E-state index in [4.69, 9.17) is 17.3 Å². The SMILES string of the molecule is Cc1ccc(Cl)cc1NC(=O)[C@@H](C)Sc1nnc(CCC(N)=O)n1CC(C)C. The molecule has 1 aromatic heterocycles. The fraction of sp³-hybridized carbons (Fsp3) is 0.474. The third-order valence-electron chi connectivity index (χ3n) is 4.05. The normalized spacial score (nSPS) is 12.2. The van der Waals surface area contributed by atoms with E-state index in [1.54, 1.807) is 12.1 Å². The lowest BCUT2D eigenvalue weighted by atomic mass is 10.2. The van der Waals surface area contributed by atoms with E-state index in [1.165, 1.54) is 11.8 Å². The van der Waals surface area contributed by atoms with Crippen LogP contribution in [0, 0.1) is 12.8 Å². The number of halogens is 1. The highest BCUT2D eigenvalue weighted by Gasteiger charge is 2.21. The van der Waals surface area contributed by atoms with Crippen LogP contribution < -0.4 is 11.1 Å². The molecule has 0 saturated carbocycles. The number of amides is 2. The number of carbonyl (C=O) groups excluding carboxylic acids is 2. The molecular formula is C19H26ClN5O2S. The Morgan fingerprint density at radius 3 is 2.64 bits per heavy atom. The van der Waals surface area contributed by atoms with Crippen molar-refractivity contribution in [1.82, 2.24) is 14.8 Å². The molecule has 3 N–H and O–H groups in total. The molecule has 2 amide bonds. The predicted octanol–water partition coefficient (Wildman–Crippen LogP) is 3.43. The van der Waals surface area contributed by atoms with Gasteiger partial charge >= 0.3 is 0 Å². The number of benzene rings is 1. The standard InChI is InChI=1S/C19H26ClN5O2S/c1-11(2)10-25-17(8-7-16(21)26)23-24-19(25)28-13(4)18(27)22-15-9-14(20)6-5-12(15)3/h5-6,9,11,13H,7-8,10H2,1-4H3,(H2,21,26)(H,22,27)/t13-/m1/s1. The first kappa shape index (κ1) is 22.2. The maximum absolute atomic E-state index is 12.6. The van der Waals surface area contributed by atoms with Crippen molar-refractivity contribution in [2.75, 3.05) is 5.32 Å². The van der Waals surface area contributed by atoms with Gasteiger partial charge in [-0.3, -0.25) is 9.59 Å². The van der Waals surface area contributed by atoms with Crippen LogP contribution in [0.25, 0.3) is 0 Å². The third kappa shape index (κ3) is 6.24. The molecular weight excluding hydrogens is 398 g/mol. The van der Waals surface area contributed by atoms with E-state index in [0.717, 1.165) is 5.56 Å². The van der Waals surface area contributed by atoms with Crippen molar-refractivity contribution in [3.8, 4) is 0 Å². The van der Waals surface area contributed by atoms with Crippen molar-refractivity contribution in [2.45, 2.75) is 57.5 Å². The Bertz CT molecular complexity index is 853. The third-order valence-corrected chi connectivity index (χ3v) is 5.36. The van der Waals surface area contributed by atoms with Gasteiger partial charge in [0, 0.05) is 30.1 Å². The number of nitrogens with two attached hydrogens (primary N) is 1. The Labute approximate surface area is 174 Å². The minimum atomic E-state index is -0.391. The van der Waals surface area contributed by atoms with Gasteiger partial charge in [-0.2, -0.15) is 0 Å². The van der Waals surface area contributed by atoms with E-state index in [1.807, 2.05) is 24.5 Å². The number of nitrogens with one attached hydrogen (secondary N) is 1. The van der Waals surface area contributed by atoms with Gasteiger partial charge in [0.2, 0.25) is 11.8 Å². The lowest BCUT2D eigenvalue weighted by molar-refractivity contribution is -0.118. The fourth-order valence-electron chi connectivity index (χ4n) is 2.55. The number of aryl methyl sites for hydroxylation is 2. The molecule has 0 aliphatic carbocycles. The zero-order valence-electron chi connectivity index (χ0n) is 16.5. The maximum atomic E-state index is 12.6. The summed E-state index contributed by atoms with van der Waals surface area (Å²) in [6.45, 7) is 8.60. The van der Waals surface area contributed by atoms with Gasteiger partial charge in [-0.1, -0.05) is 43.3 Å². The van der Waals surface area contributed by atoms with Gasteiger partial charge in [-0.05, 0) is 37.5 Å². The predicted molar refractivity (Wildman–Crippen MR) is 113 cm³/mol. The molecule has 0 radical (unpaired) electrons. The summed E-state index contributed by atoms with van der Waals surface area (Å²) in [5, 5.41) is 12.2. The molecule has 0 fully saturated rings. The Morgan fingerprint density at radius 2 is 2.00 bits per heavy atom. The van der Waals surface area contributed by atoms with Crippen LogP contribution in [0.4, 0.5) is 5.69 Å². The quantitative estimate of drug-likeness (QED) is 0.601. The zero-order valence-corrected chi connectivity index (χ0v) is 18.1. The first-order valence-corrected chi connectivity index (χ1v) is 10.4. The lowest BCUT2D eigenvalue weighted by Gasteiger charge is -2.16. The first-order valence-electron chi connectivity index (χ1n) is 9.11. The van der Waals surface area contributed by atoms with Crippen LogP contribution in [-0.2, 0) is 22.6 Å². The second-order valence-electron chi connectivity index (χ2n) is 7.08. The van der Waals surface area contributed by atoms with Gasteiger partial charge in [0.05, 0.1) is 5.25 Å². The number of carbonyl (C=O) groups is 2. The summed E-state index contributed by atoms with van der Waals surface area (Å²) < 4.78 is 1.96. The minimum Gasteiger partial charge on any atom is -0.370 e. The van der Waals surface area contributed by atoms with Crippen LogP contribution in [-0.4, -0.2) is 31.8 Å². The van der Waals surface area contributed by atoms with Crippen molar-refractivity contribution in [3.63, 3.8) is 0 Å². The van der Waals surface area contributed by atoms with E-state index >= 15 is 0 Å². The Hall–Kier alpha value is -2.06. The molecule has 0 saturated heterocycles. The molecule has 0 bridgehead atoms. The molecule has 2 aromatic rings. The first-order chi connectivity index (χ1) is 13.2. The van der Waals surface area contributed by atoms with Crippen molar-refractivity contribution < 1.29 is 9.59 Å². The zero-order chi connectivity index (χ0) is 20.8. The van der Waals surface area contributed by atoms with E-state index in [9.17, 15) is 9.59 Å². The summed E-state index contributed by atoms with van der Waals surface area (Å²) >= 11 is 7.36. The molecule has 0 unspecified atom stereocenters. The number of primary amides is 1. The number of hydrogen-bond donors (Lipinski definition) is 2. The molecule has 9 heteroatoms. The van der Waals surface area contributed by atoms with Gasteiger partial charge in [0.25, 0.3) is 0 Å². The summed E-state index contributed by atoms with van der Waals surface area (Å²) in [5.41, 5.74) is 6.88. The Kier molecular flexibility index (Phi) is 7.88. The van der Waals surface area contributed by atoms with Crippen LogP contribution in [0.2, 0.25) is 5.02 Å². The highest BCUT2D eigenvalue weighted by atomic mass is 35.5. The van der Waals surface area contributed by atoms with Gasteiger partial charge < -0.3 is 15.6 Å². The van der Waals surface area contributed by atoms with Crippen LogP contribution in [0.15, 0.2) is 23.4 Å². The molecule has 0 spiro atoms. The summed E-state index contributed by atoms with van der Waals surface area (Å²) in [6, 6.07) is 5.38. The number of aromatic nitrogens is 3. The summed E-state index contributed by atoms with van der Waals surface area (Å²) in [7, 11) is 0. The molecule has 1 aromatic carbocycles. The highest BCUT2D eigenvalue weighted by molar-refractivity contribution is 8.00. The fourth-order valence-corrected chi connectivity index (χ4v) is 3.60. The van der Waals surface area contributed by atoms with Crippen molar-refractivity contribution in [1.29, 1.82) is 0 Å². The molecule has 1 heterocycles. The second kappa shape index (κ2) is 9.93.